The molecule has 2 aromatic rings. The van der Waals surface area contributed by atoms with E-state index < -0.39 is 53.0 Å². The molecule has 0 radical (unpaired) electrons. The van der Waals surface area contributed by atoms with Crippen molar-refractivity contribution in [2.24, 2.45) is 5.10 Å². The standard InChI is InChI=1S/C15H8F6N2O2/c16-7-1-3-8(4-2-7)25-6-10(24)23-22-5-9-11(17)13(19)15(21)14(20)12(9)18/h1-5H,6H2,(H,23,24)/b22-5-. The number of rotatable bonds is 5. The average Bonchev–Trinajstić information content (AvgIpc) is 2.60. The highest BCUT2D eigenvalue weighted by molar-refractivity contribution is 5.83. The van der Waals surface area contributed by atoms with Gasteiger partial charge in [-0.05, 0) is 24.3 Å². The van der Waals surface area contributed by atoms with Crippen molar-refractivity contribution < 1.29 is 35.9 Å². The quantitative estimate of drug-likeness (QED) is 0.292. The third-order valence-corrected chi connectivity index (χ3v) is 2.81. The highest BCUT2D eigenvalue weighted by atomic mass is 19.2. The number of hydrogen-bond donors (Lipinski definition) is 1. The molecule has 4 nitrogen and oxygen atoms in total. The molecule has 1 N–H and O–H groups in total. The molecule has 25 heavy (non-hydrogen) atoms. The second-order valence-corrected chi connectivity index (χ2v) is 4.52. The van der Waals surface area contributed by atoms with Crippen LogP contribution in [0.2, 0.25) is 0 Å². The molecular formula is C15H8F6N2O2. The molecule has 0 saturated heterocycles. The first-order chi connectivity index (χ1) is 11.8. The molecule has 0 unspecified atom stereocenters. The van der Waals surface area contributed by atoms with Crippen LogP contribution in [0.3, 0.4) is 0 Å². The van der Waals surface area contributed by atoms with Gasteiger partial charge in [0, 0.05) is 0 Å². The smallest absolute Gasteiger partial charge is 0.277 e. The summed E-state index contributed by atoms with van der Waals surface area (Å²) in [5, 5.41) is 3.10. The van der Waals surface area contributed by atoms with Crippen molar-refractivity contribution in [1.29, 1.82) is 0 Å². The molecule has 0 bridgehead atoms. The van der Waals surface area contributed by atoms with Gasteiger partial charge in [0.05, 0.1) is 11.8 Å². The summed E-state index contributed by atoms with van der Waals surface area (Å²) in [5.41, 5.74) is 0.471. The van der Waals surface area contributed by atoms with E-state index in [0.29, 0.717) is 0 Å². The Morgan fingerprint density at radius 1 is 0.920 bits per heavy atom. The van der Waals surface area contributed by atoms with Crippen LogP contribution in [-0.4, -0.2) is 18.7 Å². The summed E-state index contributed by atoms with van der Waals surface area (Å²) in [6, 6.07) is 4.69. The van der Waals surface area contributed by atoms with Crippen LogP contribution < -0.4 is 10.2 Å². The minimum absolute atomic E-state index is 0.167. The van der Waals surface area contributed by atoms with Gasteiger partial charge in [-0.25, -0.2) is 31.8 Å². The van der Waals surface area contributed by atoms with Crippen LogP contribution >= 0.6 is 0 Å². The molecular weight excluding hydrogens is 354 g/mol. The largest absolute Gasteiger partial charge is 0.484 e. The highest BCUT2D eigenvalue weighted by Crippen LogP contribution is 2.21. The topological polar surface area (TPSA) is 50.7 Å². The molecule has 1 amide bonds. The normalized spacial score (nSPS) is 11.0. The molecule has 0 aliphatic heterocycles. The first kappa shape index (κ1) is 18.3. The molecule has 0 heterocycles. The third kappa shape index (κ3) is 4.28. The van der Waals surface area contributed by atoms with Crippen molar-refractivity contribution in [2.75, 3.05) is 6.61 Å². The maximum atomic E-state index is 13.3. The molecule has 2 rings (SSSR count). The van der Waals surface area contributed by atoms with Crippen molar-refractivity contribution in [3.63, 3.8) is 0 Å². The van der Waals surface area contributed by atoms with Gasteiger partial charge in [-0.1, -0.05) is 0 Å². The van der Waals surface area contributed by atoms with Crippen LogP contribution in [0.25, 0.3) is 0 Å². The Morgan fingerprint density at radius 3 is 2.00 bits per heavy atom. The number of halogens is 6. The molecule has 0 aliphatic carbocycles. The zero-order valence-electron chi connectivity index (χ0n) is 12.1. The molecule has 10 heteroatoms. The maximum Gasteiger partial charge on any atom is 0.277 e. The Bertz CT molecular complexity index is 795. The Hall–Kier alpha value is -3.04. The average molecular weight is 362 g/mol. The molecule has 0 aliphatic rings. The molecule has 0 fully saturated rings. The van der Waals surface area contributed by atoms with Gasteiger partial charge in [0.1, 0.15) is 11.6 Å². The van der Waals surface area contributed by atoms with E-state index in [0.717, 1.165) is 12.1 Å². The highest BCUT2D eigenvalue weighted by Gasteiger charge is 2.24. The Labute approximate surface area is 136 Å². The minimum Gasteiger partial charge on any atom is -0.484 e. The summed E-state index contributed by atoms with van der Waals surface area (Å²) in [6.45, 7) is -0.583. The first-order valence-electron chi connectivity index (χ1n) is 6.53. The predicted octanol–water partition coefficient (Wildman–Crippen LogP) is 3.05. The van der Waals surface area contributed by atoms with Gasteiger partial charge in [0.25, 0.3) is 5.91 Å². The maximum absolute atomic E-state index is 13.3. The van der Waals surface area contributed by atoms with Crippen molar-refractivity contribution >= 4 is 12.1 Å². The van der Waals surface area contributed by atoms with Crippen molar-refractivity contribution in [2.45, 2.75) is 0 Å². The Morgan fingerprint density at radius 2 is 1.44 bits per heavy atom. The fourth-order valence-electron chi connectivity index (χ4n) is 1.62. The van der Waals surface area contributed by atoms with Gasteiger partial charge < -0.3 is 4.74 Å². The summed E-state index contributed by atoms with van der Waals surface area (Å²) in [7, 11) is 0. The lowest BCUT2D eigenvalue weighted by atomic mass is 10.2. The van der Waals surface area contributed by atoms with Crippen LogP contribution in [0.4, 0.5) is 26.3 Å². The Balaban J connectivity index is 1.99. The molecule has 0 saturated carbocycles. The second-order valence-electron chi connectivity index (χ2n) is 4.52. The van der Waals surface area contributed by atoms with Gasteiger partial charge in [0.2, 0.25) is 5.82 Å². The van der Waals surface area contributed by atoms with E-state index in [9.17, 15) is 31.1 Å². The van der Waals surface area contributed by atoms with E-state index in [1.54, 1.807) is 5.43 Å². The monoisotopic (exact) mass is 362 g/mol. The van der Waals surface area contributed by atoms with E-state index in [2.05, 4.69) is 5.10 Å². The number of carbonyl (C=O) groups excluding carboxylic acids is 1. The van der Waals surface area contributed by atoms with E-state index >= 15 is 0 Å². The Kier molecular flexibility index (Phi) is 5.63. The van der Waals surface area contributed by atoms with E-state index in [1.165, 1.54) is 12.1 Å². The van der Waals surface area contributed by atoms with Crippen LogP contribution in [0.5, 0.6) is 5.75 Å². The lowest BCUT2D eigenvalue weighted by Gasteiger charge is -2.05. The van der Waals surface area contributed by atoms with E-state index in [1.807, 2.05) is 0 Å². The fourth-order valence-corrected chi connectivity index (χ4v) is 1.62. The molecule has 2 aromatic carbocycles. The third-order valence-electron chi connectivity index (χ3n) is 2.81. The van der Waals surface area contributed by atoms with Gasteiger partial charge >= 0.3 is 0 Å². The van der Waals surface area contributed by atoms with Crippen molar-refractivity contribution in [1.82, 2.24) is 5.43 Å². The zero-order chi connectivity index (χ0) is 18.6. The first-order valence-corrected chi connectivity index (χ1v) is 6.53. The summed E-state index contributed by atoms with van der Waals surface area (Å²) in [4.78, 5) is 11.4. The van der Waals surface area contributed by atoms with Crippen LogP contribution in [-0.2, 0) is 4.79 Å². The van der Waals surface area contributed by atoms with Crippen LogP contribution in [0.1, 0.15) is 5.56 Å². The zero-order valence-corrected chi connectivity index (χ0v) is 12.1. The minimum atomic E-state index is -2.30. The fraction of sp³-hybridized carbons (Fsp3) is 0.0667. The van der Waals surface area contributed by atoms with Gasteiger partial charge in [-0.15, -0.1) is 0 Å². The van der Waals surface area contributed by atoms with E-state index in [-0.39, 0.29) is 12.0 Å². The number of ether oxygens (including phenoxy) is 1. The number of nitrogens with zero attached hydrogens (tertiary/aromatic N) is 1. The number of benzene rings is 2. The lowest BCUT2D eigenvalue weighted by Crippen LogP contribution is -2.24. The second kappa shape index (κ2) is 7.69. The molecule has 0 spiro atoms. The predicted molar refractivity (Wildman–Crippen MR) is 73.9 cm³/mol. The number of amides is 1. The SMILES string of the molecule is O=C(COc1ccc(F)cc1)N/N=C\c1c(F)c(F)c(F)c(F)c1F. The lowest BCUT2D eigenvalue weighted by molar-refractivity contribution is -0.123. The van der Waals surface area contributed by atoms with E-state index in [4.69, 9.17) is 4.74 Å². The molecule has 0 aromatic heterocycles. The van der Waals surface area contributed by atoms with Crippen molar-refractivity contribution in [3.05, 3.63) is 64.7 Å². The molecule has 0 atom stereocenters. The van der Waals surface area contributed by atoms with Crippen LogP contribution in [0, 0.1) is 34.9 Å². The number of hydrazone groups is 1. The van der Waals surface area contributed by atoms with Crippen LogP contribution in [0.15, 0.2) is 29.4 Å². The van der Waals surface area contributed by atoms with Gasteiger partial charge in [-0.2, -0.15) is 5.10 Å². The summed E-state index contributed by atoms with van der Waals surface area (Å²) in [6.07, 6.45) is 0.270. The summed E-state index contributed by atoms with van der Waals surface area (Å²) in [5.74, 6) is -12.0. The number of carbonyl (C=O) groups is 1. The number of hydrogen-bond acceptors (Lipinski definition) is 3. The summed E-state index contributed by atoms with van der Waals surface area (Å²) < 4.78 is 83.1. The van der Waals surface area contributed by atoms with Gasteiger partial charge in [-0.3, -0.25) is 4.79 Å². The summed E-state index contributed by atoms with van der Waals surface area (Å²) >= 11 is 0. The molecule has 132 valence electrons. The van der Waals surface area contributed by atoms with Gasteiger partial charge in [0.15, 0.2) is 29.9 Å². The number of nitrogens with one attached hydrogen (secondary N) is 1. The van der Waals surface area contributed by atoms with Crippen molar-refractivity contribution in [3.8, 4) is 5.75 Å².